The van der Waals surface area contributed by atoms with Crippen molar-refractivity contribution < 1.29 is 19.8 Å². The van der Waals surface area contributed by atoms with Gasteiger partial charge in [0.2, 0.25) is 0 Å². The van der Waals surface area contributed by atoms with Crippen LogP contribution in [0.1, 0.15) is 6.42 Å². The van der Waals surface area contributed by atoms with Crippen molar-refractivity contribution in [2.75, 3.05) is 33.2 Å². The van der Waals surface area contributed by atoms with Gasteiger partial charge in [0.25, 0.3) is 0 Å². The molecule has 0 rings (SSSR count). The lowest BCUT2D eigenvalue weighted by Crippen LogP contribution is -2.47. The molecule has 1 atom stereocenters. The van der Waals surface area contributed by atoms with Gasteiger partial charge in [-0.15, -0.1) is 0 Å². The van der Waals surface area contributed by atoms with Crippen molar-refractivity contribution in [1.82, 2.24) is 10.2 Å². The highest BCUT2D eigenvalue weighted by Crippen LogP contribution is 2.04. The number of hydrogen-bond acceptors (Lipinski definition) is 5. The molecule has 0 spiro atoms. The molecule has 0 aliphatic heterocycles. The number of likely N-dealkylation sites (N-methyl/N-ethyl adjacent to an activating group) is 1. The molecular formula is C9H19N3O4. The molecule has 0 aromatic heterocycles. The molecule has 0 aliphatic rings. The molecule has 0 bridgehead atoms. The van der Waals surface area contributed by atoms with Crippen molar-refractivity contribution in [2.24, 2.45) is 5.73 Å². The Labute approximate surface area is 94.2 Å². The molecule has 0 aliphatic carbocycles. The first-order valence-corrected chi connectivity index (χ1v) is 5.06. The van der Waals surface area contributed by atoms with E-state index in [1.165, 1.54) is 0 Å². The predicted molar refractivity (Wildman–Crippen MR) is 58.2 cm³/mol. The lowest BCUT2D eigenvalue weighted by atomic mass is 10.1. The van der Waals surface area contributed by atoms with Gasteiger partial charge in [0.15, 0.2) is 0 Å². The van der Waals surface area contributed by atoms with Crippen LogP contribution in [0.5, 0.6) is 0 Å². The van der Waals surface area contributed by atoms with Gasteiger partial charge in [0.05, 0.1) is 6.42 Å². The monoisotopic (exact) mass is 233 g/mol. The summed E-state index contributed by atoms with van der Waals surface area (Å²) in [4.78, 5) is 23.1. The van der Waals surface area contributed by atoms with Crippen molar-refractivity contribution in [2.45, 2.75) is 12.5 Å². The molecule has 0 saturated heterocycles. The maximum atomic E-state index is 10.9. The molecule has 0 fully saturated rings. The Morgan fingerprint density at radius 2 is 2.00 bits per heavy atom. The number of nitrogens with two attached hydrogens (primary N) is 1. The molecule has 16 heavy (non-hydrogen) atoms. The molecule has 0 heterocycles. The molecule has 0 saturated carbocycles. The van der Waals surface area contributed by atoms with Crippen LogP contribution in [-0.2, 0) is 9.59 Å². The summed E-state index contributed by atoms with van der Waals surface area (Å²) in [6.07, 6.45) is -0.418. The zero-order valence-corrected chi connectivity index (χ0v) is 9.35. The molecule has 7 nitrogen and oxygen atoms in total. The first-order chi connectivity index (χ1) is 7.52. The normalized spacial score (nSPS) is 12.7. The van der Waals surface area contributed by atoms with Crippen molar-refractivity contribution >= 4 is 11.9 Å². The number of carbonyl (C=O) groups is 2. The molecule has 0 radical (unpaired) electrons. The van der Waals surface area contributed by atoms with Crippen LogP contribution >= 0.6 is 0 Å². The quantitative estimate of drug-likeness (QED) is 0.379. The van der Waals surface area contributed by atoms with E-state index in [1.54, 1.807) is 11.9 Å². The Balaban J connectivity index is 4.51. The van der Waals surface area contributed by atoms with Gasteiger partial charge in [0.1, 0.15) is 6.04 Å². The highest BCUT2D eigenvalue weighted by Gasteiger charge is 2.27. The van der Waals surface area contributed by atoms with E-state index in [0.29, 0.717) is 26.2 Å². The van der Waals surface area contributed by atoms with E-state index in [4.69, 9.17) is 15.9 Å². The third kappa shape index (κ3) is 5.64. The molecular weight excluding hydrogens is 214 g/mol. The molecule has 1 unspecified atom stereocenters. The minimum Gasteiger partial charge on any atom is -0.481 e. The number of nitrogens with zero attached hydrogens (tertiary/aromatic N) is 1. The summed E-state index contributed by atoms with van der Waals surface area (Å²) in [6, 6.07) is -1.02. The number of hydrogen-bond donors (Lipinski definition) is 4. The molecule has 0 amide bonds. The molecule has 0 aromatic carbocycles. The predicted octanol–water partition coefficient (Wildman–Crippen LogP) is -1.61. The second kappa shape index (κ2) is 8.03. The zero-order valence-electron chi connectivity index (χ0n) is 9.35. The van der Waals surface area contributed by atoms with Crippen LogP contribution in [0.2, 0.25) is 0 Å². The third-order valence-electron chi connectivity index (χ3n) is 2.16. The second-order valence-electron chi connectivity index (χ2n) is 3.38. The SMILES string of the molecule is CNCCN(CCN)C(CC(=O)O)C(=O)O. The summed E-state index contributed by atoms with van der Waals surface area (Å²) in [5, 5.41) is 20.5. The summed E-state index contributed by atoms with van der Waals surface area (Å²) in [5.74, 6) is -2.26. The first kappa shape index (κ1) is 14.8. The van der Waals surface area contributed by atoms with Gasteiger partial charge in [-0.1, -0.05) is 0 Å². The van der Waals surface area contributed by atoms with E-state index in [0.717, 1.165) is 0 Å². The van der Waals surface area contributed by atoms with Gasteiger partial charge in [-0.25, -0.2) is 0 Å². The number of carboxylic acid groups (broad SMARTS) is 2. The summed E-state index contributed by atoms with van der Waals surface area (Å²) in [7, 11) is 1.74. The lowest BCUT2D eigenvalue weighted by molar-refractivity contribution is -0.149. The van der Waals surface area contributed by atoms with Crippen LogP contribution < -0.4 is 11.1 Å². The van der Waals surface area contributed by atoms with Gasteiger partial charge in [-0.3, -0.25) is 14.5 Å². The zero-order chi connectivity index (χ0) is 12.6. The number of nitrogens with one attached hydrogen (secondary N) is 1. The van der Waals surface area contributed by atoms with Crippen LogP contribution in [-0.4, -0.2) is 66.3 Å². The Morgan fingerprint density at radius 1 is 1.38 bits per heavy atom. The summed E-state index contributed by atoms with van der Waals surface area (Å²) >= 11 is 0. The van der Waals surface area contributed by atoms with Crippen molar-refractivity contribution in [3.05, 3.63) is 0 Å². The summed E-state index contributed by atoms with van der Waals surface area (Å²) < 4.78 is 0. The van der Waals surface area contributed by atoms with E-state index in [-0.39, 0.29) is 0 Å². The summed E-state index contributed by atoms with van der Waals surface area (Å²) in [5.41, 5.74) is 5.37. The van der Waals surface area contributed by atoms with Gasteiger partial charge < -0.3 is 21.3 Å². The van der Waals surface area contributed by atoms with Gasteiger partial charge in [-0.05, 0) is 7.05 Å². The van der Waals surface area contributed by atoms with Gasteiger partial charge in [0, 0.05) is 26.2 Å². The molecule has 0 aromatic rings. The smallest absolute Gasteiger partial charge is 0.321 e. The number of carboxylic acids is 2. The average molecular weight is 233 g/mol. The average Bonchev–Trinajstić information content (AvgIpc) is 2.20. The second-order valence-corrected chi connectivity index (χ2v) is 3.38. The van der Waals surface area contributed by atoms with E-state index >= 15 is 0 Å². The maximum absolute atomic E-state index is 10.9. The fourth-order valence-electron chi connectivity index (χ4n) is 1.38. The van der Waals surface area contributed by atoms with Crippen molar-refractivity contribution in [1.29, 1.82) is 0 Å². The van der Waals surface area contributed by atoms with Gasteiger partial charge >= 0.3 is 11.9 Å². The highest BCUT2D eigenvalue weighted by atomic mass is 16.4. The first-order valence-electron chi connectivity index (χ1n) is 5.06. The maximum Gasteiger partial charge on any atom is 0.321 e. The fourth-order valence-corrected chi connectivity index (χ4v) is 1.38. The molecule has 5 N–H and O–H groups in total. The van der Waals surface area contributed by atoms with E-state index in [2.05, 4.69) is 5.32 Å². The largest absolute Gasteiger partial charge is 0.481 e. The lowest BCUT2D eigenvalue weighted by Gasteiger charge is -2.27. The fraction of sp³-hybridized carbons (Fsp3) is 0.778. The van der Waals surface area contributed by atoms with Crippen LogP contribution in [0.15, 0.2) is 0 Å². The van der Waals surface area contributed by atoms with Crippen molar-refractivity contribution in [3.63, 3.8) is 0 Å². The van der Waals surface area contributed by atoms with E-state index in [1.807, 2.05) is 0 Å². The number of aliphatic carboxylic acids is 2. The topological polar surface area (TPSA) is 116 Å². The summed E-state index contributed by atoms with van der Waals surface area (Å²) in [6.45, 7) is 1.71. The van der Waals surface area contributed by atoms with Crippen LogP contribution in [0.25, 0.3) is 0 Å². The highest BCUT2D eigenvalue weighted by molar-refractivity contribution is 5.80. The van der Waals surface area contributed by atoms with Crippen molar-refractivity contribution in [3.8, 4) is 0 Å². The Morgan fingerprint density at radius 3 is 2.38 bits per heavy atom. The van der Waals surface area contributed by atoms with E-state index in [9.17, 15) is 9.59 Å². The molecule has 94 valence electrons. The minimum atomic E-state index is -1.13. The Kier molecular flexibility index (Phi) is 7.44. The van der Waals surface area contributed by atoms with Crippen LogP contribution in [0.4, 0.5) is 0 Å². The number of rotatable bonds is 9. The minimum absolute atomic E-state index is 0.299. The standard InChI is InChI=1S/C9H19N3O4/c1-11-3-5-12(4-2-10)7(9(15)16)6-8(13)14/h7,11H,2-6,10H2,1H3,(H,13,14)(H,15,16). The van der Waals surface area contributed by atoms with Crippen LogP contribution in [0, 0.1) is 0 Å². The Bertz CT molecular complexity index is 235. The van der Waals surface area contributed by atoms with E-state index < -0.39 is 24.4 Å². The third-order valence-corrected chi connectivity index (χ3v) is 2.16. The Hall–Kier alpha value is -1.18. The van der Waals surface area contributed by atoms with Crippen LogP contribution in [0.3, 0.4) is 0 Å². The van der Waals surface area contributed by atoms with Gasteiger partial charge in [-0.2, -0.15) is 0 Å². The molecule has 7 heteroatoms.